The lowest BCUT2D eigenvalue weighted by atomic mass is 10.1. The number of amides is 1. The predicted molar refractivity (Wildman–Crippen MR) is 114 cm³/mol. The summed E-state index contributed by atoms with van der Waals surface area (Å²) in [6, 6.07) is 12.1. The lowest BCUT2D eigenvalue weighted by Gasteiger charge is -2.21. The molecule has 3 aromatic rings. The molecule has 2 aromatic carbocycles. The number of rotatable bonds is 6. The van der Waals surface area contributed by atoms with Crippen LogP contribution in [-0.4, -0.2) is 38.1 Å². The summed E-state index contributed by atoms with van der Waals surface area (Å²) in [7, 11) is 4.27. The maximum atomic E-state index is 13.4. The van der Waals surface area contributed by atoms with Crippen LogP contribution in [0.3, 0.4) is 0 Å². The lowest BCUT2D eigenvalue weighted by molar-refractivity contribution is -0.858. The van der Waals surface area contributed by atoms with E-state index in [0.29, 0.717) is 6.54 Å². The number of carbonyl (C=O) groups excluding carboxylic acids is 1. The molecule has 0 aliphatic heterocycles. The molecule has 1 N–H and O–H groups in total. The van der Waals surface area contributed by atoms with Crippen LogP contribution in [0.5, 0.6) is 0 Å². The topological polar surface area (TPSA) is 37.6 Å². The van der Waals surface area contributed by atoms with E-state index in [0.717, 1.165) is 39.4 Å². The van der Waals surface area contributed by atoms with Crippen molar-refractivity contribution in [3.63, 3.8) is 0 Å². The second-order valence-corrected chi connectivity index (χ2v) is 8.49. The van der Waals surface area contributed by atoms with Crippen molar-refractivity contribution in [3.8, 4) is 0 Å². The number of nitrogens with one attached hydrogen (secondary N) is 1. The van der Waals surface area contributed by atoms with Crippen molar-refractivity contribution in [1.29, 1.82) is 0 Å². The van der Waals surface area contributed by atoms with Crippen LogP contribution in [0.1, 0.15) is 33.5 Å². The maximum Gasteiger partial charge on any atom is 0.260 e. The van der Waals surface area contributed by atoms with Gasteiger partial charge in [0.1, 0.15) is 0 Å². The van der Waals surface area contributed by atoms with Crippen LogP contribution in [0.15, 0.2) is 36.4 Å². The van der Waals surface area contributed by atoms with Crippen molar-refractivity contribution in [2.24, 2.45) is 0 Å². The molecule has 0 saturated carbocycles. The summed E-state index contributed by atoms with van der Waals surface area (Å²) in [4.78, 5) is 21.4. The van der Waals surface area contributed by atoms with Gasteiger partial charge in [-0.2, -0.15) is 0 Å². The van der Waals surface area contributed by atoms with Crippen LogP contribution in [0.25, 0.3) is 10.2 Å². The first kappa shape index (κ1) is 19.5. The maximum absolute atomic E-state index is 13.4. The van der Waals surface area contributed by atoms with Crippen molar-refractivity contribution < 1.29 is 9.69 Å². The van der Waals surface area contributed by atoms with E-state index in [-0.39, 0.29) is 5.91 Å². The fraction of sp³-hybridized carbons (Fsp3) is 0.364. The molecule has 1 heterocycles. The molecule has 1 amide bonds. The number of hydrogen-bond acceptors (Lipinski definition) is 3. The normalized spacial score (nSPS) is 11.3. The second kappa shape index (κ2) is 8.19. The van der Waals surface area contributed by atoms with Gasteiger partial charge in [-0.1, -0.05) is 35.6 Å². The van der Waals surface area contributed by atoms with E-state index in [1.165, 1.54) is 16.0 Å². The van der Waals surface area contributed by atoms with Crippen LogP contribution in [0.4, 0.5) is 5.13 Å². The summed E-state index contributed by atoms with van der Waals surface area (Å²) in [6.45, 7) is 7.87. The van der Waals surface area contributed by atoms with Crippen LogP contribution in [0, 0.1) is 20.8 Å². The highest BCUT2D eigenvalue weighted by Crippen LogP contribution is 2.33. The number of nitrogens with zero attached hydrogens (tertiary/aromatic N) is 2. The highest BCUT2D eigenvalue weighted by molar-refractivity contribution is 7.22. The molecule has 0 radical (unpaired) electrons. The van der Waals surface area contributed by atoms with Gasteiger partial charge >= 0.3 is 0 Å². The molecule has 0 unspecified atom stereocenters. The van der Waals surface area contributed by atoms with Gasteiger partial charge in [0.2, 0.25) is 0 Å². The van der Waals surface area contributed by atoms with Crippen molar-refractivity contribution in [3.05, 3.63) is 58.7 Å². The molecule has 3 rings (SSSR count). The summed E-state index contributed by atoms with van der Waals surface area (Å²) < 4.78 is 1.16. The quantitative estimate of drug-likeness (QED) is 0.709. The summed E-state index contributed by atoms with van der Waals surface area (Å²) >= 11 is 1.62. The van der Waals surface area contributed by atoms with E-state index in [1.807, 2.05) is 36.1 Å². The van der Waals surface area contributed by atoms with Crippen LogP contribution in [0.2, 0.25) is 0 Å². The molecule has 142 valence electrons. The van der Waals surface area contributed by atoms with E-state index in [4.69, 9.17) is 4.98 Å². The first-order valence-electron chi connectivity index (χ1n) is 9.41. The van der Waals surface area contributed by atoms with Gasteiger partial charge < -0.3 is 4.90 Å². The van der Waals surface area contributed by atoms with E-state index in [9.17, 15) is 4.79 Å². The molecular weight excluding hydrogens is 354 g/mol. The third-order valence-electron chi connectivity index (χ3n) is 4.72. The average molecular weight is 383 g/mol. The molecule has 0 bridgehead atoms. The van der Waals surface area contributed by atoms with E-state index in [1.54, 1.807) is 11.3 Å². The van der Waals surface area contributed by atoms with Gasteiger partial charge in [-0.3, -0.25) is 9.69 Å². The fourth-order valence-electron chi connectivity index (χ4n) is 3.31. The number of aryl methyl sites for hydroxylation is 3. The monoisotopic (exact) mass is 382 g/mol. The van der Waals surface area contributed by atoms with Gasteiger partial charge in [0, 0.05) is 18.5 Å². The number of thiazole rings is 1. The summed E-state index contributed by atoms with van der Waals surface area (Å²) in [6.07, 6.45) is 0.938. The minimum absolute atomic E-state index is 0.0373. The average Bonchev–Trinajstić information content (AvgIpc) is 3.02. The van der Waals surface area contributed by atoms with Gasteiger partial charge in [-0.15, -0.1) is 0 Å². The number of carbonyl (C=O) groups is 1. The SMILES string of the molecule is Cc1cc(C)c2sc(N(CCC[NH+](C)C)C(=O)c3ccccc3C)nc2c1. The summed E-state index contributed by atoms with van der Waals surface area (Å²) in [5, 5.41) is 0.792. The molecule has 5 heteroatoms. The molecule has 0 saturated heterocycles. The minimum atomic E-state index is 0.0373. The van der Waals surface area contributed by atoms with Crippen LogP contribution >= 0.6 is 11.3 Å². The first-order chi connectivity index (χ1) is 12.9. The molecular formula is C22H28N3OS+. The number of anilines is 1. The van der Waals surface area contributed by atoms with Gasteiger partial charge in [-0.25, -0.2) is 4.98 Å². The van der Waals surface area contributed by atoms with E-state index < -0.39 is 0 Å². The van der Waals surface area contributed by atoms with Crippen molar-refractivity contribution in [2.75, 3.05) is 32.1 Å². The Bertz CT molecular complexity index is 961. The molecule has 0 aliphatic carbocycles. The number of fused-ring (bicyclic) bond motifs is 1. The highest BCUT2D eigenvalue weighted by Gasteiger charge is 2.23. The Labute approximate surface area is 165 Å². The Morgan fingerprint density at radius 2 is 1.85 bits per heavy atom. The molecule has 0 spiro atoms. The van der Waals surface area contributed by atoms with Crippen LogP contribution < -0.4 is 9.80 Å². The third-order valence-corrected chi connectivity index (χ3v) is 5.95. The number of aromatic nitrogens is 1. The van der Waals surface area contributed by atoms with Gasteiger partial charge in [-0.05, 0) is 49.6 Å². The van der Waals surface area contributed by atoms with Crippen molar-refractivity contribution in [2.45, 2.75) is 27.2 Å². The molecule has 0 fully saturated rings. The van der Waals surface area contributed by atoms with Crippen molar-refractivity contribution >= 4 is 32.6 Å². The number of benzene rings is 2. The zero-order valence-electron chi connectivity index (χ0n) is 16.8. The lowest BCUT2D eigenvalue weighted by Crippen LogP contribution is -3.05. The Balaban J connectivity index is 2.00. The number of quaternary nitrogens is 1. The zero-order chi connectivity index (χ0) is 19.6. The predicted octanol–water partition coefficient (Wildman–Crippen LogP) is 3.40. The second-order valence-electron chi connectivity index (χ2n) is 7.51. The van der Waals surface area contributed by atoms with Gasteiger partial charge in [0.25, 0.3) is 5.91 Å². The first-order valence-corrected chi connectivity index (χ1v) is 10.2. The van der Waals surface area contributed by atoms with Crippen molar-refractivity contribution in [1.82, 2.24) is 4.98 Å². The Kier molecular flexibility index (Phi) is 5.92. The summed E-state index contributed by atoms with van der Waals surface area (Å²) in [5.74, 6) is 0.0373. The standard InChI is InChI=1S/C22H27N3OS/c1-15-13-17(3)20-19(14-15)23-22(27-20)25(12-8-11-24(4)5)21(26)18-10-7-6-9-16(18)2/h6-7,9-10,13-14H,8,11-12H2,1-5H3/p+1. The largest absolute Gasteiger partial charge is 0.340 e. The van der Waals surface area contributed by atoms with Gasteiger partial charge in [0.05, 0.1) is 30.9 Å². The van der Waals surface area contributed by atoms with Crippen LogP contribution in [-0.2, 0) is 0 Å². The molecule has 1 aromatic heterocycles. The molecule has 4 nitrogen and oxygen atoms in total. The number of hydrogen-bond donors (Lipinski definition) is 1. The minimum Gasteiger partial charge on any atom is -0.340 e. The Morgan fingerprint density at radius 1 is 1.11 bits per heavy atom. The summed E-state index contributed by atoms with van der Waals surface area (Å²) in [5.41, 5.74) is 5.15. The Hall–Kier alpha value is -2.24. The van der Waals surface area contributed by atoms with E-state index in [2.05, 4.69) is 40.1 Å². The Morgan fingerprint density at radius 3 is 2.56 bits per heavy atom. The molecule has 0 atom stereocenters. The zero-order valence-corrected chi connectivity index (χ0v) is 17.6. The molecule has 27 heavy (non-hydrogen) atoms. The van der Waals surface area contributed by atoms with Gasteiger partial charge in [0.15, 0.2) is 5.13 Å². The fourth-order valence-corrected chi connectivity index (χ4v) is 4.35. The molecule has 0 aliphatic rings. The smallest absolute Gasteiger partial charge is 0.260 e. The van der Waals surface area contributed by atoms with E-state index >= 15 is 0 Å². The highest BCUT2D eigenvalue weighted by atomic mass is 32.1. The third kappa shape index (κ3) is 4.37.